The average molecular weight is 1120 g/mol. The smallest absolute Gasteiger partial charge is 0.306 e. The summed E-state index contributed by atoms with van der Waals surface area (Å²) in [5.74, 6) is -0.883. The third-order valence-electron chi connectivity index (χ3n) is 15.7. The number of unbranched alkanes of at least 4 members (excludes halogenated alkanes) is 44. The zero-order valence-electron chi connectivity index (χ0n) is 53.6. The number of carbonyl (C=O) groups excluding carboxylic acids is 3. The van der Waals surface area contributed by atoms with Gasteiger partial charge in [-0.2, -0.15) is 0 Å². The molecule has 0 amide bonds. The standard InChI is InChI=1S/C74H134O6/c1-4-7-10-13-16-19-22-25-27-28-29-30-31-32-33-34-35-36-37-38-39-40-41-42-43-44-45-46-48-49-52-55-58-61-64-67-73(76)79-70-71(69-78-72(75)66-63-60-57-54-51-24-21-18-15-12-9-6-3)80-74(77)68-65-62-59-56-53-50-47-26-23-20-17-14-11-8-5-2/h17-18,20-22,25-26,28-29,47,71H,4-16,19,23-24,27,30-46,48-70H2,1-3H3/b20-17-,21-18-,25-22-,29-28-,47-26-. The number of esters is 3. The molecule has 0 heterocycles. The molecule has 0 saturated heterocycles. The van der Waals surface area contributed by atoms with Gasteiger partial charge >= 0.3 is 17.9 Å². The van der Waals surface area contributed by atoms with Gasteiger partial charge in [0.25, 0.3) is 0 Å². The van der Waals surface area contributed by atoms with Crippen LogP contribution in [0.25, 0.3) is 0 Å². The van der Waals surface area contributed by atoms with Crippen molar-refractivity contribution in [1.82, 2.24) is 0 Å². The number of rotatable bonds is 65. The van der Waals surface area contributed by atoms with Gasteiger partial charge in [-0.05, 0) is 109 Å². The first kappa shape index (κ1) is 77.1. The molecule has 0 spiro atoms. The van der Waals surface area contributed by atoms with Gasteiger partial charge in [0, 0.05) is 19.3 Å². The molecular weight excluding hydrogens is 985 g/mol. The predicted molar refractivity (Wildman–Crippen MR) is 348 cm³/mol. The van der Waals surface area contributed by atoms with E-state index < -0.39 is 6.10 Å². The molecule has 466 valence electrons. The molecule has 0 aliphatic heterocycles. The van der Waals surface area contributed by atoms with Gasteiger partial charge < -0.3 is 14.2 Å². The third kappa shape index (κ3) is 65.9. The number of hydrogen-bond donors (Lipinski definition) is 0. The van der Waals surface area contributed by atoms with Crippen LogP contribution in [0.1, 0.15) is 374 Å². The quantitative estimate of drug-likeness (QED) is 0.0261. The van der Waals surface area contributed by atoms with Crippen molar-refractivity contribution in [2.75, 3.05) is 13.2 Å². The fourth-order valence-corrected chi connectivity index (χ4v) is 10.4. The lowest BCUT2D eigenvalue weighted by molar-refractivity contribution is -0.167. The van der Waals surface area contributed by atoms with Crippen LogP contribution in [0.4, 0.5) is 0 Å². The third-order valence-corrected chi connectivity index (χ3v) is 15.7. The average Bonchev–Trinajstić information content (AvgIpc) is 3.46. The molecule has 6 heteroatoms. The minimum atomic E-state index is -0.783. The maximum Gasteiger partial charge on any atom is 0.306 e. The summed E-state index contributed by atoms with van der Waals surface area (Å²) in [5.41, 5.74) is 0. The van der Waals surface area contributed by atoms with Crippen molar-refractivity contribution in [2.45, 2.75) is 380 Å². The topological polar surface area (TPSA) is 78.9 Å². The Balaban J connectivity index is 4.05. The van der Waals surface area contributed by atoms with Crippen LogP contribution in [0, 0.1) is 0 Å². The lowest BCUT2D eigenvalue weighted by Gasteiger charge is -2.18. The summed E-state index contributed by atoms with van der Waals surface area (Å²) in [6, 6.07) is 0. The van der Waals surface area contributed by atoms with Gasteiger partial charge in [-0.15, -0.1) is 0 Å². The first-order valence-corrected chi connectivity index (χ1v) is 35.3. The maximum atomic E-state index is 12.9. The van der Waals surface area contributed by atoms with Crippen LogP contribution >= 0.6 is 0 Å². The molecule has 0 N–H and O–H groups in total. The highest BCUT2D eigenvalue weighted by Crippen LogP contribution is 2.18. The largest absolute Gasteiger partial charge is 0.462 e. The Morgan fingerprint density at radius 1 is 0.250 bits per heavy atom. The first-order valence-electron chi connectivity index (χ1n) is 35.3. The van der Waals surface area contributed by atoms with Gasteiger partial charge in [-0.3, -0.25) is 14.4 Å². The first-order chi connectivity index (χ1) is 39.5. The molecule has 0 saturated carbocycles. The molecule has 1 unspecified atom stereocenters. The summed E-state index contributed by atoms with van der Waals surface area (Å²) in [6.45, 7) is 6.60. The number of carbonyl (C=O) groups is 3. The monoisotopic (exact) mass is 1120 g/mol. The van der Waals surface area contributed by atoms with Gasteiger partial charge in [0.2, 0.25) is 0 Å². The van der Waals surface area contributed by atoms with Gasteiger partial charge in [0.05, 0.1) is 0 Å². The van der Waals surface area contributed by atoms with E-state index in [1.54, 1.807) is 0 Å². The van der Waals surface area contributed by atoms with Gasteiger partial charge in [0.15, 0.2) is 6.10 Å². The van der Waals surface area contributed by atoms with E-state index in [-0.39, 0.29) is 31.1 Å². The number of allylic oxidation sites excluding steroid dienone is 10. The van der Waals surface area contributed by atoms with Crippen LogP contribution < -0.4 is 0 Å². The van der Waals surface area contributed by atoms with Crippen molar-refractivity contribution in [3.63, 3.8) is 0 Å². The van der Waals surface area contributed by atoms with Crippen molar-refractivity contribution in [2.24, 2.45) is 0 Å². The van der Waals surface area contributed by atoms with Crippen LogP contribution in [-0.2, 0) is 28.6 Å². The van der Waals surface area contributed by atoms with Crippen molar-refractivity contribution >= 4 is 17.9 Å². The van der Waals surface area contributed by atoms with E-state index in [4.69, 9.17) is 14.2 Å². The van der Waals surface area contributed by atoms with Gasteiger partial charge in [0.1, 0.15) is 13.2 Å². The Morgan fingerprint density at radius 3 is 0.725 bits per heavy atom. The molecule has 0 aliphatic rings. The van der Waals surface area contributed by atoms with Gasteiger partial charge in [-0.25, -0.2) is 0 Å². The van der Waals surface area contributed by atoms with Crippen LogP contribution in [0.2, 0.25) is 0 Å². The lowest BCUT2D eigenvalue weighted by Crippen LogP contribution is -2.30. The highest BCUT2D eigenvalue weighted by molar-refractivity contribution is 5.71. The van der Waals surface area contributed by atoms with Crippen LogP contribution in [0.3, 0.4) is 0 Å². The Hall–Kier alpha value is -2.89. The molecule has 1 atom stereocenters. The minimum Gasteiger partial charge on any atom is -0.462 e. The zero-order chi connectivity index (χ0) is 57.8. The Bertz CT molecular complexity index is 1430. The van der Waals surface area contributed by atoms with E-state index in [9.17, 15) is 14.4 Å². The molecule has 0 fully saturated rings. The zero-order valence-corrected chi connectivity index (χ0v) is 53.6. The maximum absolute atomic E-state index is 12.9. The predicted octanol–water partition coefficient (Wildman–Crippen LogP) is 24.3. The summed E-state index contributed by atoms with van der Waals surface area (Å²) in [5, 5.41) is 0. The van der Waals surface area contributed by atoms with Crippen LogP contribution in [0.5, 0.6) is 0 Å². The van der Waals surface area contributed by atoms with E-state index in [2.05, 4.69) is 81.5 Å². The highest BCUT2D eigenvalue weighted by atomic mass is 16.6. The summed E-state index contributed by atoms with van der Waals surface area (Å²) in [4.78, 5) is 38.3. The second kappa shape index (κ2) is 68.6. The Morgan fingerprint density at radius 2 is 0.450 bits per heavy atom. The van der Waals surface area contributed by atoms with E-state index in [0.717, 1.165) is 96.3 Å². The molecule has 6 nitrogen and oxygen atoms in total. The molecular formula is C74H134O6. The van der Waals surface area contributed by atoms with Gasteiger partial charge in [-0.1, -0.05) is 306 Å². The molecule has 0 bridgehead atoms. The van der Waals surface area contributed by atoms with Crippen molar-refractivity contribution in [1.29, 1.82) is 0 Å². The molecule has 0 aliphatic carbocycles. The van der Waals surface area contributed by atoms with Crippen molar-refractivity contribution in [3.05, 3.63) is 60.8 Å². The van der Waals surface area contributed by atoms with Crippen molar-refractivity contribution < 1.29 is 28.6 Å². The summed E-state index contributed by atoms with van der Waals surface area (Å²) in [6.07, 6.45) is 88.4. The SMILES string of the molecule is CCCCC/C=C\C/C=C\CCCCCCCC(=O)OC(COC(=O)CCCCCCC/C=C\CCCCC)COC(=O)CCCCCCCCCCCCCCCCCCCCCCCCC/C=C\C/C=C\CCCCCCC. The second-order valence-electron chi connectivity index (χ2n) is 23.8. The summed E-state index contributed by atoms with van der Waals surface area (Å²) in [7, 11) is 0. The van der Waals surface area contributed by atoms with Crippen LogP contribution in [-0.4, -0.2) is 37.2 Å². The Kier molecular flexibility index (Phi) is 66.1. The molecule has 0 aromatic rings. The molecule has 0 rings (SSSR count). The summed E-state index contributed by atoms with van der Waals surface area (Å²) >= 11 is 0. The summed E-state index contributed by atoms with van der Waals surface area (Å²) < 4.78 is 16.9. The van der Waals surface area contributed by atoms with E-state index >= 15 is 0 Å². The fourth-order valence-electron chi connectivity index (χ4n) is 10.4. The van der Waals surface area contributed by atoms with Crippen LogP contribution in [0.15, 0.2) is 60.8 Å². The number of hydrogen-bond acceptors (Lipinski definition) is 6. The van der Waals surface area contributed by atoms with Crippen molar-refractivity contribution in [3.8, 4) is 0 Å². The fraction of sp³-hybridized carbons (Fsp3) is 0.824. The minimum absolute atomic E-state index is 0.0787. The molecule has 0 aromatic heterocycles. The van der Waals surface area contributed by atoms with E-state index in [0.29, 0.717) is 19.3 Å². The number of ether oxygens (including phenoxy) is 3. The molecule has 0 radical (unpaired) electrons. The lowest BCUT2D eigenvalue weighted by atomic mass is 10.0. The van der Waals surface area contributed by atoms with E-state index in [1.807, 2.05) is 0 Å². The highest BCUT2D eigenvalue weighted by Gasteiger charge is 2.19. The molecule has 0 aromatic carbocycles. The van der Waals surface area contributed by atoms with E-state index in [1.165, 1.54) is 238 Å². The Labute approximate surface area is 498 Å². The molecule has 80 heavy (non-hydrogen) atoms. The second-order valence-corrected chi connectivity index (χ2v) is 23.8. The normalized spacial score (nSPS) is 12.4.